The molecule has 82 valence electrons. The molecule has 0 bridgehead atoms. The summed E-state index contributed by atoms with van der Waals surface area (Å²) in [6.45, 7) is 6.23. The molecule has 0 spiro atoms. The molecule has 1 heterocycles. The third-order valence-corrected chi connectivity index (χ3v) is 3.29. The van der Waals surface area contributed by atoms with Gasteiger partial charge in [-0.2, -0.15) is 0 Å². The van der Waals surface area contributed by atoms with Crippen LogP contribution in [0.25, 0.3) is 0 Å². The lowest BCUT2D eigenvalue weighted by molar-refractivity contribution is 0.0390. The van der Waals surface area contributed by atoms with Crippen molar-refractivity contribution in [2.75, 3.05) is 13.3 Å². The Morgan fingerprint density at radius 2 is 2.29 bits per heavy atom. The van der Waals surface area contributed by atoms with Crippen LogP contribution in [0.4, 0.5) is 0 Å². The highest BCUT2D eigenvalue weighted by Crippen LogP contribution is 2.23. The normalized spacial score (nSPS) is 28.8. The Morgan fingerprint density at radius 3 is 2.86 bits per heavy atom. The number of rotatable bonds is 3. The van der Waals surface area contributed by atoms with Gasteiger partial charge in [-0.1, -0.05) is 26.0 Å². The lowest BCUT2D eigenvalue weighted by Gasteiger charge is -2.37. The van der Waals surface area contributed by atoms with Crippen molar-refractivity contribution in [3.8, 4) is 0 Å². The molecule has 0 aromatic carbocycles. The molecule has 0 amide bonds. The number of hydrogen-bond acceptors (Lipinski definition) is 3. The quantitative estimate of drug-likeness (QED) is 0.595. The van der Waals surface area contributed by atoms with E-state index in [1.807, 2.05) is 0 Å². The standard InChI is InChI=1S/C10H19NOS2/c1-3-9-5-4-8(2)11(6-9)7-12-10(13)14/h8-9H,3-7H2,1-2H3,(H,13,14). The van der Waals surface area contributed by atoms with Crippen LogP contribution in [0.3, 0.4) is 0 Å². The average molecular weight is 233 g/mol. The van der Waals surface area contributed by atoms with Gasteiger partial charge in [-0.15, -0.1) is 0 Å². The molecular weight excluding hydrogens is 214 g/mol. The number of nitrogens with zero attached hydrogens (tertiary/aromatic N) is 1. The molecule has 1 aliphatic heterocycles. The van der Waals surface area contributed by atoms with Gasteiger partial charge in [0.2, 0.25) is 4.38 Å². The third kappa shape index (κ3) is 3.75. The van der Waals surface area contributed by atoms with Gasteiger partial charge in [0.25, 0.3) is 0 Å². The minimum Gasteiger partial charge on any atom is -0.463 e. The molecule has 4 heteroatoms. The minimum atomic E-state index is 0.343. The van der Waals surface area contributed by atoms with Crippen molar-refractivity contribution in [2.24, 2.45) is 5.92 Å². The second kappa shape index (κ2) is 5.93. The average Bonchev–Trinajstić information content (AvgIpc) is 2.16. The van der Waals surface area contributed by atoms with Gasteiger partial charge < -0.3 is 4.74 Å². The van der Waals surface area contributed by atoms with Crippen LogP contribution >= 0.6 is 24.8 Å². The van der Waals surface area contributed by atoms with E-state index in [2.05, 4.69) is 31.4 Å². The zero-order valence-corrected chi connectivity index (χ0v) is 10.6. The summed E-state index contributed by atoms with van der Waals surface area (Å²) in [5, 5.41) is 0. The first kappa shape index (κ1) is 12.3. The maximum atomic E-state index is 5.27. The molecule has 0 aromatic rings. The molecule has 0 aliphatic carbocycles. The number of thiol groups is 1. The number of ether oxygens (including phenoxy) is 1. The van der Waals surface area contributed by atoms with Crippen molar-refractivity contribution < 1.29 is 4.74 Å². The summed E-state index contributed by atoms with van der Waals surface area (Å²) >= 11 is 8.73. The van der Waals surface area contributed by atoms with E-state index < -0.39 is 0 Å². The zero-order chi connectivity index (χ0) is 10.6. The van der Waals surface area contributed by atoms with E-state index in [4.69, 9.17) is 17.0 Å². The van der Waals surface area contributed by atoms with E-state index >= 15 is 0 Å². The largest absolute Gasteiger partial charge is 0.463 e. The summed E-state index contributed by atoms with van der Waals surface area (Å²) in [5.41, 5.74) is 0. The molecule has 1 aliphatic rings. The van der Waals surface area contributed by atoms with Crippen LogP contribution in [0.15, 0.2) is 0 Å². The zero-order valence-electron chi connectivity index (χ0n) is 8.90. The van der Waals surface area contributed by atoms with E-state index in [0.717, 1.165) is 12.5 Å². The summed E-state index contributed by atoms with van der Waals surface area (Å²) < 4.78 is 5.61. The van der Waals surface area contributed by atoms with Crippen molar-refractivity contribution in [1.29, 1.82) is 0 Å². The molecule has 1 fully saturated rings. The Kier molecular flexibility index (Phi) is 5.20. The van der Waals surface area contributed by atoms with E-state index in [9.17, 15) is 0 Å². The molecule has 0 radical (unpaired) electrons. The maximum absolute atomic E-state index is 5.27. The molecular formula is C10H19NOS2. The number of thiocarbonyl (C=S) groups is 1. The summed E-state index contributed by atoms with van der Waals surface area (Å²) in [4.78, 5) is 2.35. The fourth-order valence-corrected chi connectivity index (χ4v) is 2.02. The fraction of sp³-hybridized carbons (Fsp3) is 0.900. The second-order valence-corrected chi connectivity index (χ2v) is 5.09. The van der Waals surface area contributed by atoms with Gasteiger partial charge in [-0.3, -0.25) is 4.90 Å². The van der Waals surface area contributed by atoms with Gasteiger partial charge in [0.05, 0.1) is 0 Å². The second-order valence-electron chi connectivity index (χ2n) is 4.01. The summed E-state index contributed by atoms with van der Waals surface area (Å²) in [6, 6.07) is 0.612. The van der Waals surface area contributed by atoms with E-state index in [1.54, 1.807) is 0 Å². The fourth-order valence-electron chi connectivity index (χ4n) is 1.91. The van der Waals surface area contributed by atoms with Gasteiger partial charge in [-0.05, 0) is 37.9 Å². The Balaban J connectivity index is 2.36. The van der Waals surface area contributed by atoms with Crippen LogP contribution in [0, 0.1) is 5.92 Å². The van der Waals surface area contributed by atoms with Gasteiger partial charge >= 0.3 is 0 Å². The van der Waals surface area contributed by atoms with Crippen molar-refractivity contribution in [1.82, 2.24) is 4.90 Å². The molecule has 2 unspecified atom stereocenters. The molecule has 0 N–H and O–H groups in total. The molecule has 14 heavy (non-hydrogen) atoms. The van der Waals surface area contributed by atoms with Crippen molar-refractivity contribution in [2.45, 2.75) is 39.2 Å². The van der Waals surface area contributed by atoms with Gasteiger partial charge in [0.15, 0.2) is 0 Å². The van der Waals surface area contributed by atoms with Crippen LogP contribution in [-0.4, -0.2) is 28.6 Å². The lowest BCUT2D eigenvalue weighted by Crippen LogP contribution is -2.42. The summed E-state index contributed by atoms with van der Waals surface area (Å²) in [7, 11) is 0. The predicted octanol–water partition coefficient (Wildman–Crippen LogP) is 2.69. The van der Waals surface area contributed by atoms with E-state index in [0.29, 0.717) is 17.2 Å². The topological polar surface area (TPSA) is 12.5 Å². The van der Waals surface area contributed by atoms with Gasteiger partial charge in [0, 0.05) is 12.6 Å². The van der Waals surface area contributed by atoms with Gasteiger partial charge in [-0.25, -0.2) is 0 Å². The molecule has 2 atom stereocenters. The van der Waals surface area contributed by atoms with Crippen molar-refractivity contribution in [3.05, 3.63) is 0 Å². The highest BCUT2D eigenvalue weighted by Gasteiger charge is 2.24. The van der Waals surface area contributed by atoms with Crippen molar-refractivity contribution in [3.63, 3.8) is 0 Å². The maximum Gasteiger partial charge on any atom is 0.218 e. The first-order valence-corrected chi connectivity index (χ1v) is 6.08. The number of piperidine rings is 1. The smallest absolute Gasteiger partial charge is 0.218 e. The van der Waals surface area contributed by atoms with Crippen LogP contribution in [0.2, 0.25) is 0 Å². The van der Waals surface area contributed by atoms with Crippen LogP contribution in [0.5, 0.6) is 0 Å². The Hall–Kier alpha value is 0.200. The SMILES string of the molecule is CCC1CCC(C)N(COC(=S)S)C1. The summed E-state index contributed by atoms with van der Waals surface area (Å²) in [6.07, 6.45) is 3.87. The van der Waals surface area contributed by atoms with E-state index in [1.165, 1.54) is 19.3 Å². The molecule has 1 saturated heterocycles. The third-order valence-electron chi connectivity index (χ3n) is 3.04. The van der Waals surface area contributed by atoms with Crippen molar-refractivity contribution >= 4 is 29.2 Å². The minimum absolute atomic E-state index is 0.343. The molecule has 1 rings (SSSR count). The van der Waals surface area contributed by atoms with E-state index in [-0.39, 0.29) is 0 Å². The Labute approximate surface area is 97.4 Å². The van der Waals surface area contributed by atoms with Crippen LogP contribution in [0.1, 0.15) is 33.1 Å². The highest BCUT2D eigenvalue weighted by atomic mass is 32.1. The molecule has 2 nitrogen and oxygen atoms in total. The Morgan fingerprint density at radius 1 is 1.57 bits per heavy atom. The first-order chi connectivity index (χ1) is 6.63. The lowest BCUT2D eigenvalue weighted by atomic mass is 9.92. The number of likely N-dealkylation sites (tertiary alicyclic amines) is 1. The summed E-state index contributed by atoms with van der Waals surface area (Å²) in [5.74, 6) is 0.822. The van der Waals surface area contributed by atoms with Crippen LogP contribution in [-0.2, 0) is 4.74 Å². The first-order valence-electron chi connectivity index (χ1n) is 5.23. The van der Waals surface area contributed by atoms with Crippen LogP contribution < -0.4 is 0 Å². The Bertz CT molecular complexity index is 199. The van der Waals surface area contributed by atoms with Gasteiger partial charge in [0.1, 0.15) is 6.73 Å². The monoisotopic (exact) mass is 233 g/mol. The predicted molar refractivity (Wildman–Crippen MR) is 66.7 cm³/mol. The molecule has 0 aromatic heterocycles. The number of hydrogen-bond donors (Lipinski definition) is 1. The molecule has 0 saturated carbocycles. The highest BCUT2D eigenvalue weighted by molar-refractivity contribution is 8.10.